The Morgan fingerprint density at radius 3 is 1.61 bits per heavy atom. The molecule has 0 saturated carbocycles. The Kier molecular flexibility index (Phi) is 23.6. The third-order valence-electron chi connectivity index (χ3n) is 5.95. The van der Waals surface area contributed by atoms with Crippen LogP contribution in [0.2, 0.25) is 0 Å². The molecule has 0 fully saturated rings. The first-order valence-corrected chi connectivity index (χ1v) is 13.7. The van der Waals surface area contributed by atoms with E-state index in [0.29, 0.717) is 13.0 Å². The number of ether oxygens (including phenoxy) is 2. The molecular weight excluding hydrogens is 414 g/mol. The van der Waals surface area contributed by atoms with E-state index in [1.165, 1.54) is 89.9 Å². The van der Waals surface area contributed by atoms with Crippen LogP contribution in [0.3, 0.4) is 0 Å². The summed E-state index contributed by atoms with van der Waals surface area (Å²) in [4.78, 5) is 24.0. The zero-order chi connectivity index (χ0) is 24.4. The number of hydrogen-bond donors (Lipinski definition) is 1. The van der Waals surface area contributed by atoms with Crippen molar-refractivity contribution >= 4 is 12.1 Å². The maximum Gasteiger partial charge on any atom is 0.408 e. The van der Waals surface area contributed by atoms with E-state index >= 15 is 0 Å². The summed E-state index contributed by atoms with van der Waals surface area (Å²) in [7, 11) is 0. The van der Waals surface area contributed by atoms with Gasteiger partial charge in [-0.3, -0.25) is 0 Å². The Morgan fingerprint density at radius 2 is 1.15 bits per heavy atom. The van der Waals surface area contributed by atoms with Gasteiger partial charge < -0.3 is 14.8 Å². The van der Waals surface area contributed by atoms with Gasteiger partial charge in [-0.05, 0) is 12.8 Å². The van der Waals surface area contributed by atoms with E-state index in [2.05, 4.69) is 18.2 Å². The molecule has 33 heavy (non-hydrogen) atoms. The molecule has 0 aromatic heterocycles. The van der Waals surface area contributed by atoms with Crippen molar-refractivity contribution in [2.24, 2.45) is 0 Å². The number of unbranched alkanes of at least 4 members (excludes halogenated alkanes) is 16. The first kappa shape index (κ1) is 31.3. The number of carbonyl (C=O) groups excluding carboxylic acids is 2. The second-order valence-electron chi connectivity index (χ2n) is 9.09. The number of terminal acetylenes is 1. The van der Waals surface area contributed by atoms with E-state index < -0.39 is 12.1 Å². The Balaban J connectivity index is 3.59. The molecule has 0 rings (SSSR count). The number of carbonyl (C=O) groups is 2. The highest BCUT2D eigenvalue weighted by atomic mass is 16.6. The molecule has 0 aliphatic carbocycles. The van der Waals surface area contributed by atoms with Crippen LogP contribution in [0.4, 0.5) is 4.79 Å². The van der Waals surface area contributed by atoms with Crippen LogP contribution in [0, 0.1) is 12.3 Å². The third kappa shape index (κ3) is 21.9. The number of nitrogens with one attached hydrogen (secondary N) is 1. The van der Waals surface area contributed by atoms with Crippen molar-refractivity contribution in [3.63, 3.8) is 0 Å². The minimum Gasteiger partial charge on any atom is -0.464 e. The van der Waals surface area contributed by atoms with Crippen molar-refractivity contribution in [1.29, 1.82) is 0 Å². The topological polar surface area (TPSA) is 64.6 Å². The summed E-state index contributed by atoms with van der Waals surface area (Å²) in [6, 6.07) is -0.670. The highest BCUT2D eigenvalue weighted by molar-refractivity contribution is 5.81. The SMILES string of the molecule is C#CCOC(=O)NC(CCCC)C(=O)OCCCCCCCCCCCCCCCCCC. The minimum absolute atomic E-state index is 0.111. The number of amides is 1. The number of rotatable bonds is 23. The first-order valence-electron chi connectivity index (χ1n) is 13.7. The van der Waals surface area contributed by atoms with Crippen LogP contribution in [-0.4, -0.2) is 31.3 Å². The molecule has 0 aliphatic rings. The van der Waals surface area contributed by atoms with E-state index in [1.807, 2.05) is 6.92 Å². The molecule has 0 heterocycles. The molecule has 5 nitrogen and oxygen atoms in total. The average molecular weight is 466 g/mol. The molecule has 1 N–H and O–H groups in total. The monoisotopic (exact) mass is 465 g/mol. The van der Waals surface area contributed by atoms with Crippen molar-refractivity contribution in [1.82, 2.24) is 5.32 Å². The predicted molar refractivity (Wildman–Crippen MR) is 137 cm³/mol. The Morgan fingerprint density at radius 1 is 0.697 bits per heavy atom. The molecule has 1 amide bonds. The first-order chi connectivity index (χ1) is 16.2. The quantitative estimate of drug-likeness (QED) is 0.0953. The Labute approximate surface area is 204 Å². The fourth-order valence-corrected chi connectivity index (χ4v) is 3.87. The van der Waals surface area contributed by atoms with Crippen LogP contribution < -0.4 is 5.32 Å². The van der Waals surface area contributed by atoms with Crippen molar-refractivity contribution in [3.05, 3.63) is 0 Å². The molecule has 192 valence electrons. The fraction of sp³-hybridized carbons (Fsp3) is 0.857. The highest BCUT2D eigenvalue weighted by Crippen LogP contribution is 2.14. The summed E-state index contributed by atoms with van der Waals surface area (Å²) in [5, 5.41) is 2.56. The summed E-state index contributed by atoms with van der Waals surface area (Å²) >= 11 is 0. The van der Waals surface area contributed by atoms with E-state index in [4.69, 9.17) is 15.9 Å². The zero-order valence-electron chi connectivity index (χ0n) is 21.6. The van der Waals surface area contributed by atoms with Crippen molar-refractivity contribution in [2.75, 3.05) is 13.2 Å². The molecule has 0 spiro atoms. The van der Waals surface area contributed by atoms with Gasteiger partial charge in [0.2, 0.25) is 0 Å². The van der Waals surface area contributed by atoms with Crippen molar-refractivity contribution in [3.8, 4) is 12.3 Å². The number of alkyl carbamates (subject to hydrolysis) is 1. The molecular formula is C28H51NO4. The van der Waals surface area contributed by atoms with Crippen LogP contribution in [0.25, 0.3) is 0 Å². The summed E-state index contributed by atoms with van der Waals surface area (Å²) in [6.07, 6.45) is 27.7. The molecule has 0 aromatic rings. The smallest absolute Gasteiger partial charge is 0.408 e. The normalized spacial score (nSPS) is 11.5. The highest BCUT2D eigenvalue weighted by Gasteiger charge is 2.22. The van der Waals surface area contributed by atoms with Crippen LogP contribution in [-0.2, 0) is 14.3 Å². The van der Waals surface area contributed by atoms with Gasteiger partial charge in [0.1, 0.15) is 6.04 Å². The van der Waals surface area contributed by atoms with E-state index in [-0.39, 0.29) is 12.6 Å². The molecule has 0 aromatic carbocycles. The van der Waals surface area contributed by atoms with Crippen LogP contribution in [0.1, 0.15) is 136 Å². The second-order valence-corrected chi connectivity index (χ2v) is 9.09. The zero-order valence-corrected chi connectivity index (χ0v) is 21.6. The molecule has 1 unspecified atom stereocenters. The fourth-order valence-electron chi connectivity index (χ4n) is 3.87. The third-order valence-corrected chi connectivity index (χ3v) is 5.95. The van der Waals surface area contributed by atoms with Gasteiger partial charge in [0.25, 0.3) is 0 Å². The Hall–Kier alpha value is -1.70. The lowest BCUT2D eigenvalue weighted by Gasteiger charge is -2.17. The maximum atomic E-state index is 12.3. The molecule has 1 atom stereocenters. The summed E-state index contributed by atoms with van der Waals surface area (Å²) in [5.74, 6) is 1.84. The van der Waals surface area contributed by atoms with E-state index in [0.717, 1.165) is 25.7 Å². The molecule has 0 aliphatic heterocycles. The van der Waals surface area contributed by atoms with Gasteiger partial charge >= 0.3 is 12.1 Å². The van der Waals surface area contributed by atoms with Gasteiger partial charge in [-0.25, -0.2) is 9.59 Å². The largest absolute Gasteiger partial charge is 0.464 e. The van der Waals surface area contributed by atoms with Gasteiger partial charge in [-0.15, -0.1) is 6.42 Å². The van der Waals surface area contributed by atoms with Crippen molar-refractivity contribution < 1.29 is 19.1 Å². The number of hydrogen-bond acceptors (Lipinski definition) is 4. The molecule has 5 heteroatoms. The lowest BCUT2D eigenvalue weighted by Crippen LogP contribution is -2.42. The summed E-state index contributed by atoms with van der Waals surface area (Å²) in [6.45, 7) is 4.60. The lowest BCUT2D eigenvalue weighted by atomic mass is 10.0. The number of esters is 1. The molecule has 0 bridgehead atoms. The van der Waals surface area contributed by atoms with Gasteiger partial charge in [0.15, 0.2) is 6.61 Å². The average Bonchev–Trinajstić information content (AvgIpc) is 2.82. The van der Waals surface area contributed by atoms with Gasteiger partial charge in [-0.1, -0.05) is 129 Å². The van der Waals surface area contributed by atoms with Crippen LogP contribution in [0.15, 0.2) is 0 Å². The van der Waals surface area contributed by atoms with Gasteiger partial charge in [0.05, 0.1) is 6.61 Å². The Bertz CT molecular complexity index is 501. The van der Waals surface area contributed by atoms with Crippen LogP contribution >= 0.6 is 0 Å². The van der Waals surface area contributed by atoms with E-state index in [1.54, 1.807) is 0 Å². The maximum absolute atomic E-state index is 12.3. The van der Waals surface area contributed by atoms with E-state index in [9.17, 15) is 9.59 Å². The molecule has 0 radical (unpaired) electrons. The lowest BCUT2D eigenvalue weighted by molar-refractivity contribution is -0.146. The standard InChI is InChI=1S/C28H51NO4/c1-4-7-9-10-11-12-13-14-15-16-17-18-19-20-21-22-25-32-27(30)26(23-8-5-2)29-28(31)33-24-6-3/h3,26H,4-5,7-25H2,1-2H3,(H,29,31). The van der Waals surface area contributed by atoms with Gasteiger partial charge in [0, 0.05) is 0 Å². The van der Waals surface area contributed by atoms with Crippen LogP contribution in [0.5, 0.6) is 0 Å². The minimum atomic E-state index is -0.673. The molecule has 0 saturated heterocycles. The second kappa shape index (κ2) is 24.9. The van der Waals surface area contributed by atoms with Crippen molar-refractivity contribution in [2.45, 2.75) is 142 Å². The predicted octanol–water partition coefficient (Wildman–Crippen LogP) is 7.71. The summed E-state index contributed by atoms with van der Waals surface area (Å²) in [5.41, 5.74) is 0. The summed E-state index contributed by atoms with van der Waals surface area (Å²) < 4.78 is 10.2. The van der Waals surface area contributed by atoms with Gasteiger partial charge in [-0.2, -0.15) is 0 Å².